The molecule has 0 saturated heterocycles. The minimum atomic E-state index is -4.13. The van der Waals surface area contributed by atoms with E-state index in [1.165, 1.54) is 12.1 Å². The number of sulfonamides is 1. The number of fused-ring (bicyclic) bond motifs is 1. The molecule has 0 fully saturated rings. The van der Waals surface area contributed by atoms with Crippen molar-refractivity contribution in [2.45, 2.75) is 11.1 Å². The van der Waals surface area contributed by atoms with Crippen LogP contribution in [0.25, 0.3) is 16.6 Å². The SMILES string of the molecule is CNc1ccc2c(=O)n(-c3c(F)cc(NC(=O)NS(=O)(=O)c4ccc(C)s4)cc3Cl)c(=O)[nH]c2c1. The van der Waals surface area contributed by atoms with Crippen molar-refractivity contribution >= 4 is 61.3 Å². The predicted octanol–water partition coefficient (Wildman–Crippen LogP) is 3.39. The lowest BCUT2D eigenvalue weighted by Crippen LogP contribution is -2.35. The lowest BCUT2D eigenvalue weighted by atomic mass is 10.2. The number of aromatic nitrogens is 2. The van der Waals surface area contributed by atoms with Gasteiger partial charge in [-0.1, -0.05) is 11.6 Å². The van der Waals surface area contributed by atoms with Gasteiger partial charge < -0.3 is 15.6 Å². The van der Waals surface area contributed by atoms with Gasteiger partial charge in [-0.2, -0.15) is 0 Å². The van der Waals surface area contributed by atoms with E-state index in [1.807, 2.05) is 4.72 Å². The van der Waals surface area contributed by atoms with Crippen LogP contribution in [0, 0.1) is 12.7 Å². The van der Waals surface area contributed by atoms with E-state index >= 15 is 4.39 Å². The second-order valence-electron chi connectivity index (χ2n) is 7.29. The molecule has 0 aliphatic rings. The van der Waals surface area contributed by atoms with Gasteiger partial charge in [0.05, 0.1) is 15.9 Å². The Morgan fingerprint density at radius 1 is 1.11 bits per heavy atom. The highest BCUT2D eigenvalue weighted by atomic mass is 35.5. The van der Waals surface area contributed by atoms with Crippen molar-refractivity contribution < 1.29 is 17.6 Å². The number of carbonyl (C=O) groups excluding carboxylic acids is 1. The number of anilines is 2. The number of hydrogen-bond donors (Lipinski definition) is 4. The highest BCUT2D eigenvalue weighted by Gasteiger charge is 2.22. The van der Waals surface area contributed by atoms with Crippen molar-refractivity contribution in [1.29, 1.82) is 0 Å². The molecule has 0 saturated carbocycles. The maximum atomic E-state index is 15.0. The van der Waals surface area contributed by atoms with Gasteiger partial charge in [0.2, 0.25) is 0 Å². The second kappa shape index (κ2) is 9.17. The fourth-order valence-corrected chi connectivity index (χ4v) is 5.80. The zero-order chi connectivity index (χ0) is 25.5. The molecule has 4 N–H and O–H groups in total. The Bertz CT molecular complexity index is 1690. The fourth-order valence-electron chi connectivity index (χ4n) is 3.31. The molecule has 2 aromatic carbocycles. The van der Waals surface area contributed by atoms with Crippen LogP contribution in [0.1, 0.15) is 4.88 Å². The number of benzene rings is 2. The van der Waals surface area contributed by atoms with Crippen LogP contribution in [-0.2, 0) is 10.0 Å². The van der Waals surface area contributed by atoms with Crippen LogP contribution < -0.4 is 26.6 Å². The van der Waals surface area contributed by atoms with Crippen LogP contribution >= 0.6 is 22.9 Å². The minimum absolute atomic E-state index is 0.0681. The van der Waals surface area contributed by atoms with Gasteiger partial charge in [-0.25, -0.2) is 31.7 Å². The summed E-state index contributed by atoms with van der Waals surface area (Å²) in [5.74, 6) is -1.09. The zero-order valence-corrected chi connectivity index (χ0v) is 20.5. The van der Waals surface area contributed by atoms with E-state index in [0.717, 1.165) is 28.3 Å². The number of urea groups is 1. The minimum Gasteiger partial charge on any atom is -0.388 e. The van der Waals surface area contributed by atoms with Crippen LogP contribution in [0.3, 0.4) is 0 Å². The zero-order valence-electron chi connectivity index (χ0n) is 18.1. The van der Waals surface area contributed by atoms with Crippen molar-refractivity contribution in [2.24, 2.45) is 0 Å². The molecule has 2 aromatic heterocycles. The number of carbonyl (C=O) groups is 1. The van der Waals surface area contributed by atoms with Crippen molar-refractivity contribution in [2.75, 3.05) is 17.7 Å². The van der Waals surface area contributed by atoms with Crippen molar-refractivity contribution in [3.8, 4) is 5.69 Å². The Hall–Kier alpha value is -3.68. The highest BCUT2D eigenvalue weighted by molar-refractivity contribution is 7.92. The van der Waals surface area contributed by atoms with Crippen LogP contribution in [0.5, 0.6) is 0 Å². The lowest BCUT2D eigenvalue weighted by molar-refractivity contribution is 0.256. The third-order valence-corrected chi connectivity index (χ3v) is 8.00. The number of nitrogens with zero attached hydrogens (tertiary/aromatic N) is 1. The van der Waals surface area contributed by atoms with Crippen LogP contribution in [0.2, 0.25) is 5.02 Å². The molecule has 2 heterocycles. The number of aromatic amines is 1. The Labute approximate surface area is 206 Å². The third-order valence-electron chi connectivity index (χ3n) is 4.89. The first-order valence-electron chi connectivity index (χ1n) is 9.86. The normalized spacial score (nSPS) is 11.4. The molecule has 0 radical (unpaired) electrons. The van der Waals surface area contributed by atoms with Crippen molar-refractivity contribution in [3.63, 3.8) is 0 Å². The van der Waals surface area contributed by atoms with Gasteiger partial charge in [-0.05, 0) is 49.4 Å². The molecule has 0 aliphatic heterocycles. The van der Waals surface area contributed by atoms with E-state index in [-0.39, 0.29) is 25.8 Å². The molecule has 182 valence electrons. The van der Waals surface area contributed by atoms with E-state index in [1.54, 1.807) is 32.2 Å². The lowest BCUT2D eigenvalue weighted by Gasteiger charge is -2.13. The molecule has 2 amide bonds. The summed E-state index contributed by atoms with van der Waals surface area (Å²) in [4.78, 5) is 41.1. The Morgan fingerprint density at radius 2 is 1.86 bits per heavy atom. The van der Waals surface area contributed by atoms with E-state index in [9.17, 15) is 22.8 Å². The molecule has 35 heavy (non-hydrogen) atoms. The number of thiophene rings is 1. The van der Waals surface area contributed by atoms with Crippen molar-refractivity contribution in [1.82, 2.24) is 14.3 Å². The average molecular weight is 538 g/mol. The fraction of sp³-hybridized carbons (Fsp3) is 0.0952. The molecule has 0 spiro atoms. The van der Waals surface area contributed by atoms with Gasteiger partial charge in [0.15, 0.2) is 5.82 Å². The number of halogens is 2. The smallest absolute Gasteiger partial charge is 0.333 e. The summed E-state index contributed by atoms with van der Waals surface area (Å²) < 4.78 is 41.9. The van der Waals surface area contributed by atoms with Gasteiger partial charge in [0.25, 0.3) is 15.6 Å². The van der Waals surface area contributed by atoms with Crippen LogP contribution in [-0.4, -0.2) is 31.0 Å². The second-order valence-corrected chi connectivity index (χ2v) is 10.9. The highest BCUT2D eigenvalue weighted by Crippen LogP contribution is 2.27. The maximum Gasteiger partial charge on any atom is 0.333 e. The molecule has 4 rings (SSSR count). The topological polar surface area (TPSA) is 142 Å². The molecule has 0 bridgehead atoms. The van der Waals surface area contributed by atoms with Gasteiger partial charge in [-0.3, -0.25) is 4.79 Å². The van der Waals surface area contributed by atoms with Gasteiger partial charge in [0.1, 0.15) is 9.90 Å². The molecule has 10 nitrogen and oxygen atoms in total. The molecule has 0 atom stereocenters. The van der Waals surface area contributed by atoms with Crippen LogP contribution in [0.15, 0.2) is 56.3 Å². The first kappa shape index (κ1) is 24.4. The first-order chi connectivity index (χ1) is 16.5. The molecule has 0 unspecified atom stereocenters. The van der Waals surface area contributed by atoms with Gasteiger partial charge in [-0.15, -0.1) is 11.3 Å². The summed E-state index contributed by atoms with van der Waals surface area (Å²) in [6.07, 6.45) is 0. The number of nitrogens with one attached hydrogen (secondary N) is 4. The monoisotopic (exact) mass is 537 g/mol. The van der Waals surface area contributed by atoms with E-state index in [4.69, 9.17) is 11.6 Å². The van der Waals surface area contributed by atoms with Gasteiger partial charge >= 0.3 is 11.7 Å². The van der Waals surface area contributed by atoms with E-state index < -0.39 is 38.8 Å². The predicted molar refractivity (Wildman–Crippen MR) is 133 cm³/mol. The quantitative estimate of drug-likeness (QED) is 0.307. The third kappa shape index (κ3) is 4.78. The number of amides is 2. The Balaban J connectivity index is 1.67. The summed E-state index contributed by atoms with van der Waals surface area (Å²) in [7, 11) is -2.46. The molecular weight excluding hydrogens is 521 g/mol. The first-order valence-corrected chi connectivity index (χ1v) is 12.5. The number of rotatable bonds is 5. The number of hydrogen-bond acceptors (Lipinski definition) is 7. The standard InChI is InChI=1S/C21H17ClFN5O5S2/c1-10-3-6-17(34-10)35(32,33)27-20(30)25-12-7-14(22)18(15(23)8-12)28-19(29)13-5-4-11(24-2)9-16(13)26-21(28)31/h3-9,24H,1-2H3,(H,26,31)(H2,25,27,30). The molecule has 0 aliphatic carbocycles. The van der Waals surface area contributed by atoms with Crippen LogP contribution in [0.4, 0.5) is 20.6 Å². The number of H-pyrrole nitrogens is 1. The molecule has 4 aromatic rings. The summed E-state index contributed by atoms with van der Waals surface area (Å²) in [5, 5.41) is 4.81. The van der Waals surface area contributed by atoms with E-state index in [2.05, 4.69) is 15.6 Å². The summed E-state index contributed by atoms with van der Waals surface area (Å²) >= 11 is 7.15. The summed E-state index contributed by atoms with van der Waals surface area (Å²) in [5.41, 5.74) is -1.55. The number of aryl methyl sites for hydroxylation is 1. The molecular formula is C21H17ClFN5O5S2. The Kier molecular flexibility index (Phi) is 6.40. The Morgan fingerprint density at radius 3 is 2.49 bits per heavy atom. The molecule has 14 heteroatoms. The van der Waals surface area contributed by atoms with Gasteiger partial charge in [0, 0.05) is 23.3 Å². The van der Waals surface area contributed by atoms with Crippen molar-refractivity contribution in [3.05, 3.63) is 79.0 Å². The van der Waals surface area contributed by atoms with E-state index in [0.29, 0.717) is 10.3 Å². The average Bonchev–Trinajstić information content (AvgIpc) is 3.22. The summed E-state index contributed by atoms with van der Waals surface area (Å²) in [6.45, 7) is 1.71. The largest absolute Gasteiger partial charge is 0.388 e. The maximum absolute atomic E-state index is 15.0. The summed E-state index contributed by atoms with van der Waals surface area (Å²) in [6, 6.07) is 8.31.